The minimum absolute atomic E-state index is 0.178. The molecule has 6 heteroatoms. The van der Waals surface area contributed by atoms with Gasteiger partial charge in [0.1, 0.15) is 0 Å². The maximum Gasteiger partial charge on any atom is 0.342 e. The number of ether oxygens (including phenoxy) is 1. The van der Waals surface area contributed by atoms with E-state index >= 15 is 0 Å². The smallest absolute Gasteiger partial charge is 0.342 e. The maximum absolute atomic E-state index is 11.1. The Balaban J connectivity index is 2.45. The quantitative estimate of drug-likeness (QED) is 0.546. The van der Waals surface area contributed by atoms with E-state index in [9.17, 15) is 4.79 Å². The summed E-state index contributed by atoms with van der Waals surface area (Å²) in [5.41, 5.74) is -0.178. The lowest BCUT2D eigenvalue weighted by Gasteiger charge is -1.99. The number of hydrogen-bond donors (Lipinski definition) is 2. The molecule has 0 unspecified atom stereocenters. The SMILES string of the molecule is COCCCCn1c(=O)[nH][nH]c1=S. The predicted molar refractivity (Wildman–Crippen MR) is 51.3 cm³/mol. The summed E-state index contributed by atoms with van der Waals surface area (Å²) in [6.45, 7) is 1.36. The Hall–Kier alpha value is -0.880. The third-order valence-electron chi connectivity index (χ3n) is 1.75. The Kier molecular flexibility index (Phi) is 3.91. The highest BCUT2D eigenvalue weighted by Gasteiger charge is 1.98. The second-order valence-corrected chi connectivity index (χ2v) is 3.10. The average molecular weight is 203 g/mol. The molecule has 0 aliphatic rings. The van der Waals surface area contributed by atoms with Gasteiger partial charge in [-0.15, -0.1) is 0 Å². The van der Waals surface area contributed by atoms with Crippen LogP contribution < -0.4 is 5.69 Å². The van der Waals surface area contributed by atoms with Gasteiger partial charge in [-0.1, -0.05) is 0 Å². The van der Waals surface area contributed by atoms with Crippen molar-refractivity contribution in [1.29, 1.82) is 0 Å². The minimum atomic E-state index is -0.178. The van der Waals surface area contributed by atoms with Gasteiger partial charge in [-0.3, -0.25) is 9.67 Å². The lowest BCUT2D eigenvalue weighted by Crippen LogP contribution is -2.17. The van der Waals surface area contributed by atoms with Crippen molar-refractivity contribution in [3.05, 3.63) is 15.3 Å². The van der Waals surface area contributed by atoms with E-state index in [2.05, 4.69) is 10.2 Å². The molecule has 0 atom stereocenters. The molecule has 0 saturated carbocycles. The number of methoxy groups -OCH3 is 1. The van der Waals surface area contributed by atoms with Crippen LogP contribution in [0.5, 0.6) is 0 Å². The number of H-pyrrole nitrogens is 2. The summed E-state index contributed by atoms with van der Waals surface area (Å²) in [7, 11) is 1.66. The molecule has 1 aromatic rings. The fraction of sp³-hybridized carbons (Fsp3) is 0.714. The van der Waals surface area contributed by atoms with Crippen LogP contribution in [0.1, 0.15) is 12.8 Å². The zero-order valence-electron chi connectivity index (χ0n) is 7.50. The Bertz CT molecular complexity index is 324. The summed E-state index contributed by atoms with van der Waals surface area (Å²) in [4.78, 5) is 11.1. The van der Waals surface area contributed by atoms with Crippen LogP contribution in [-0.4, -0.2) is 28.5 Å². The molecule has 2 N–H and O–H groups in total. The van der Waals surface area contributed by atoms with Crippen LogP contribution in [0, 0.1) is 4.77 Å². The predicted octanol–water partition coefficient (Wildman–Crippen LogP) is 0.661. The lowest BCUT2D eigenvalue weighted by molar-refractivity contribution is 0.191. The standard InChI is InChI=1S/C7H13N3O2S/c1-12-5-3-2-4-10-6(11)8-9-7(10)13/h2-5H2,1H3,(H,8,11)(H,9,13). The van der Waals surface area contributed by atoms with Gasteiger partial charge in [-0.2, -0.15) is 0 Å². The van der Waals surface area contributed by atoms with Crippen molar-refractivity contribution < 1.29 is 4.74 Å². The van der Waals surface area contributed by atoms with Gasteiger partial charge in [-0.25, -0.2) is 9.89 Å². The van der Waals surface area contributed by atoms with Crippen LogP contribution in [0.3, 0.4) is 0 Å². The zero-order chi connectivity index (χ0) is 9.68. The van der Waals surface area contributed by atoms with Crippen LogP contribution >= 0.6 is 12.2 Å². The number of hydrogen-bond acceptors (Lipinski definition) is 3. The van der Waals surface area contributed by atoms with Gasteiger partial charge >= 0.3 is 5.69 Å². The molecule has 0 spiro atoms. The Morgan fingerprint density at radius 1 is 1.46 bits per heavy atom. The average Bonchev–Trinajstić information content (AvgIpc) is 2.42. The van der Waals surface area contributed by atoms with Crippen molar-refractivity contribution in [2.24, 2.45) is 0 Å². The summed E-state index contributed by atoms with van der Waals surface area (Å²) in [6, 6.07) is 0. The van der Waals surface area contributed by atoms with E-state index in [0.29, 0.717) is 11.3 Å². The van der Waals surface area contributed by atoms with Crippen LogP contribution in [0.25, 0.3) is 0 Å². The van der Waals surface area contributed by atoms with Crippen molar-refractivity contribution in [2.75, 3.05) is 13.7 Å². The van der Waals surface area contributed by atoms with Crippen molar-refractivity contribution in [3.8, 4) is 0 Å². The van der Waals surface area contributed by atoms with E-state index in [0.717, 1.165) is 19.4 Å². The van der Waals surface area contributed by atoms with Crippen molar-refractivity contribution in [2.45, 2.75) is 19.4 Å². The van der Waals surface area contributed by atoms with E-state index in [1.54, 1.807) is 7.11 Å². The molecule has 0 bridgehead atoms. The number of aromatic nitrogens is 3. The van der Waals surface area contributed by atoms with Crippen LogP contribution in [0.4, 0.5) is 0 Å². The highest BCUT2D eigenvalue weighted by Crippen LogP contribution is 1.93. The van der Waals surface area contributed by atoms with Crippen molar-refractivity contribution in [1.82, 2.24) is 14.8 Å². The van der Waals surface area contributed by atoms with Crippen LogP contribution in [0.15, 0.2) is 4.79 Å². The van der Waals surface area contributed by atoms with Gasteiger partial charge in [-0.05, 0) is 25.1 Å². The normalized spacial score (nSPS) is 10.5. The van der Waals surface area contributed by atoms with Gasteiger partial charge < -0.3 is 4.74 Å². The molecule has 5 nitrogen and oxygen atoms in total. The molecule has 0 aliphatic heterocycles. The number of nitrogens with one attached hydrogen (secondary N) is 2. The van der Waals surface area contributed by atoms with Crippen molar-refractivity contribution in [3.63, 3.8) is 0 Å². The number of unbranched alkanes of at least 4 members (excludes halogenated alkanes) is 1. The first-order valence-electron chi connectivity index (χ1n) is 4.12. The lowest BCUT2D eigenvalue weighted by atomic mass is 10.3. The van der Waals surface area contributed by atoms with Crippen molar-refractivity contribution >= 4 is 12.2 Å². The fourth-order valence-electron chi connectivity index (χ4n) is 1.05. The summed E-state index contributed by atoms with van der Waals surface area (Å²) in [5, 5.41) is 5.01. The van der Waals surface area contributed by atoms with E-state index in [4.69, 9.17) is 17.0 Å². The Labute approximate surface area is 80.7 Å². The first-order valence-corrected chi connectivity index (χ1v) is 4.53. The van der Waals surface area contributed by atoms with Gasteiger partial charge in [0.05, 0.1) is 0 Å². The van der Waals surface area contributed by atoms with Crippen LogP contribution in [-0.2, 0) is 11.3 Å². The molecular weight excluding hydrogens is 190 g/mol. The molecule has 0 amide bonds. The third-order valence-corrected chi connectivity index (χ3v) is 2.07. The third kappa shape index (κ3) is 2.82. The molecule has 1 aromatic heterocycles. The molecule has 74 valence electrons. The molecule has 0 fully saturated rings. The first-order chi connectivity index (χ1) is 6.25. The number of nitrogens with zero attached hydrogens (tertiary/aromatic N) is 1. The molecule has 0 saturated heterocycles. The molecule has 0 radical (unpaired) electrons. The summed E-state index contributed by atoms with van der Waals surface area (Å²) in [5.74, 6) is 0. The van der Waals surface area contributed by atoms with E-state index in [1.165, 1.54) is 4.57 Å². The highest BCUT2D eigenvalue weighted by molar-refractivity contribution is 7.71. The second kappa shape index (κ2) is 4.98. The summed E-state index contributed by atoms with van der Waals surface area (Å²) < 4.78 is 6.84. The van der Waals surface area contributed by atoms with E-state index < -0.39 is 0 Å². The van der Waals surface area contributed by atoms with Gasteiger partial charge in [0.2, 0.25) is 0 Å². The highest BCUT2D eigenvalue weighted by atomic mass is 32.1. The molecular formula is C7H13N3O2S. The molecule has 13 heavy (non-hydrogen) atoms. The molecule has 0 aliphatic carbocycles. The Morgan fingerprint density at radius 3 is 2.77 bits per heavy atom. The summed E-state index contributed by atoms with van der Waals surface area (Å²) >= 11 is 4.90. The van der Waals surface area contributed by atoms with Gasteiger partial charge in [0, 0.05) is 20.3 Å². The Morgan fingerprint density at radius 2 is 2.23 bits per heavy atom. The largest absolute Gasteiger partial charge is 0.385 e. The van der Waals surface area contributed by atoms with E-state index in [-0.39, 0.29) is 5.69 Å². The number of aromatic amines is 2. The monoisotopic (exact) mass is 203 g/mol. The van der Waals surface area contributed by atoms with Crippen LogP contribution in [0.2, 0.25) is 0 Å². The zero-order valence-corrected chi connectivity index (χ0v) is 8.32. The second-order valence-electron chi connectivity index (χ2n) is 2.71. The first kappa shape index (κ1) is 10.2. The van der Waals surface area contributed by atoms with Gasteiger partial charge in [0.25, 0.3) is 0 Å². The van der Waals surface area contributed by atoms with E-state index in [1.807, 2.05) is 0 Å². The fourth-order valence-corrected chi connectivity index (χ4v) is 1.28. The molecule has 1 rings (SSSR count). The molecule has 0 aromatic carbocycles. The minimum Gasteiger partial charge on any atom is -0.385 e. The number of rotatable bonds is 5. The topological polar surface area (TPSA) is 62.8 Å². The summed E-state index contributed by atoms with van der Waals surface area (Å²) in [6.07, 6.45) is 1.83. The molecule has 1 heterocycles. The maximum atomic E-state index is 11.1. The van der Waals surface area contributed by atoms with Gasteiger partial charge in [0.15, 0.2) is 4.77 Å².